The lowest BCUT2D eigenvalue weighted by Crippen LogP contribution is -2.20. The van der Waals surface area contributed by atoms with Gasteiger partial charge in [0, 0.05) is 12.5 Å². The summed E-state index contributed by atoms with van der Waals surface area (Å²) in [5.74, 6) is 6.96. The van der Waals surface area contributed by atoms with Crippen molar-refractivity contribution in [3.8, 4) is 17.6 Å². The maximum Gasteiger partial charge on any atom is 0.119 e. The quantitative estimate of drug-likeness (QED) is 0.759. The summed E-state index contributed by atoms with van der Waals surface area (Å²) in [6.45, 7) is 4.97. The van der Waals surface area contributed by atoms with E-state index in [0.29, 0.717) is 6.04 Å². The van der Waals surface area contributed by atoms with Crippen LogP contribution in [0, 0.1) is 11.8 Å². The first-order valence-electron chi connectivity index (χ1n) is 6.08. The van der Waals surface area contributed by atoms with Crippen LogP contribution in [-0.4, -0.2) is 13.7 Å². The fourth-order valence-electron chi connectivity index (χ4n) is 1.83. The number of rotatable bonds is 6. The maximum atomic E-state index is 5.25. The predicted molar refractivity (Wildman–Crippen MR) is 72.1 cm³/mol. The average Bonchev–Trinajstić information content (AvgIpc) is 2.38. The van der Waals surface area contributed by atoms with E-state index in [4.69, 9.17) is 4.74 Å². The summed E-state index contributed by atoms with van der Waals surface area (Å²) in [6.07, 6.45) is 1.95. The largest absolute Gasteiger partial charge is 0.497 e. The minimum absolute atomic E-state index is 0.357. The summed E-state index contributed by atoms with van der Waals surface area (Å²) < 4.78 is 5.25. The van der Waals surface area contributed by atoms with Crippen LogP contribution < -0.4 is 10.1 Å². The molecule has 0 aliphatic heterocycles. The number of benzene rings is 1. The highest BCUT2D eigenvalue weighted by Crippen LogP contribution is 2.22. The molecular formula is C15H21NO. The zero-order chi connectivity index (χ0) is 12.5. The average molecular weight is 231 g/mol. The van der Waals surface area contributed by atoms with Gasteiger partial charge in [-0.2, -0.15) is 0 Å². The zero-order valence-corrected chi connectivity index (χ0v) is 10.9. The van der Waals surface area contributed by atoms with E-state index < -0.39 is 0 Å². The molecule has 1 unspecified atom stereocenters. The molecule has 0 bridgehead atoms. The molecule has 92 valence electrons. The van der Waals surface area contributed by atoms with Crippen molar-refractivity contribution >= 4 is 0 Å². The van der Waals surface area contributed by atoms with Gasteiger partial charge >= 0.3 is 0 Å². The molecule has 0 saturated carbocycles. The van der Waals surface area contributed by atoms with Crippen LogP contribution in [0.4, 0.5) is 0 Å². The molecule has 0 spiro atoms. The van der Waals surface area contributed by atoms with Crippen LogP contribution in [0.25, 0.3) is 0 Å². The first-order chi connectivity index (χ1) is 8.31. The molecule has 2 heteroatoms. The molecule has 0 fully saturated rings. The van der Waals surface area contributed by atoms with Crippen molar-refractivity contribution in [1.29, 1.82) is 0 Å². The van der Waals surface area contributed by atoms with Crippen molar-refractivity contribution in [2.75, 3.05) is 13.7 Å². The molecule has 1 aromatic rings. The molecule has 1 rings (SSSR count). The molecule has 0 heterocycles. The van der Waals surface area contributed by atoms with Gasteiger partial charge in [-0.3, -0.25) is 0 Å². The predicted octanol–water partition coefficient (Wildman–Crippen LogP) is 3.15. The van der Waals surface area contributed by atoms with Gasteiger partial charge < -0.3 is 10.1 Å². The minimum Gasteiger partial charge on any atom is -0.497 e. The summed E-state index contributed by atoms with van der Waals surface area (Å²) in [5.41, 5.74) is 1.27. The lowest BCUT2D eigenvalue weighted by atomic mass is 10.0. The Morgan fingerprint density at radius 3 is 2.88 bits per heavy atom. The Morgan fingerprint density at radius 1 is 1.41 bits per heavy atom. The fraction of sp³-hybridized carbons (Fsp3) is 0.467. The van der Waals surface area contributed by atoms with Gasteiger partial charge in [0.25, 0.3) is 0 Å². The van der Waals surface area contributed by atoms with Gasteiger partial charge in [0.15, 0.2) is 0 Å². The van der Waals surface area contributed by atoms with E-state index in [9.17, 15) is 0 Å². The summed E-state index contributed by atoms with van der Waals surface area (Å²) in [4.78, 5) is 0. The Morgan fingerprint density at radius 2 is 2.24 bits per heavy atom. The monoisotopic (exact) mass is 231 g/mol. The molecule has 1 aromatic carbocycles. The molecule has 2 nitrogen and oxygen atoms in total. The van der Waals surface area contributed by atoms with Crippen molar-refractivity contribution < 1.29 is 4.74 Å². The van der Waals surface area contributed by atoms with Gasteiger partial charge in [-0.25, -0.2) is 0 Å². The Balaban J connectivity index is 2.75. The van der Waals surface area contributed by atoms with Gasteiger partial charge in [0.2, 0.25) is 0 Å². The number of nitrogens with one attached hydrogen (secondary N) is 1. The summed E-state index contributed by atoms with van der Waals surface area (Å²) in [7, 11) is 1.70. The lowest BCUT2D eigenvalue weighted by molar-refractivity contribution is 0.412. The number of methoxy groups -OCH3 is 1. The van der Waals surface area contributed by atoms with Crippen molar-refractivity contribution in [3.05, 3.63) is 29.8 Å². The van der Waals surface area contributed by atoms with Gasteiger partial charge in [-0.1, -0.05) is 19.1 Å². The minimum atomic E-state index is 0.357. The Labute approximate surface area is 104 Å². The highest BCUT2D eigenvalue weighted by Gasteiger charge is 2.09. The van der Waals surface area contributed by atoms with E-state index in [2.05, 4.69) is 36.2 Å². The van der Waals surface area contributed by atoms with Gasteiger partial charge in [0.05, 0.1) is 7.11 Å². The highest BCUT2D eigenvalue weighted by atomic mass is 16.5. The van der Waals surface area contributed by atoms with Crippen LogP contribution in [0.2, 0.25) is 0 Å². The molecule has 0 aliphatic rings. The van der Waals surface area contributed by atoms with Gasteiger partial charge in [-0.05, 0) is 37.6 Å². The van der Waals surface area contributed by atoms with Crippen LogP contribution in [-0.2, 0) is 0 Å². The van der Waals surface area contributed by atoms with Gasteiger partial charge in [-0.15, -0.1) is 11.8 Å². The van der Waals surface area contributed by atoms with Crippen LogP contribution in [0.5, 0.6) is 5.75 Å². The normalized spacial score (nSPS) is 11.5. The van der Waals surface area contributed by atoms with E-state index in [1.165, 1.54) is 5.56 Å². The van der Waals surface area contributed by atoms with Crippen LogP contribution in [0.3, 0.4) is 0 Å². The molecular weight excluding hydrogens is 210 g/mol. The van der Waals surface area contributed by atoms with Crippen molar-refractivity contribution in [3.63, 3.8) is 0 Å². The van der Waals surface area contributed by atoms with Crippen LogP contribution in [0.1, 0.15) is 38.3 Å². The molecule has 0 radical (unpaired) electrons. The van der Waals surface area contributed by atoms with E-state index in [0.717, 1.165) is 25.1 Å². The Hall–Kier alpha value is -1.46. The SMILES string of the molecule is CC#CCCC(NCC)c1cccc(OC)c1. The Bertz CT molecular complexity index is 389. The molecule has 0 aliphatic carbocycles. The summed E-state index contributed by atoms with van der Waals surface area (Å²) in [5, 5.41) is 3.49. The third kappa shape index (κ3) is 4.50. The molecule has 0 saturated heterocycles. The molecule has 1 N–H and O–H groups in total. The molecule has 17 heavy (non-hydrogen) atoms. The zero-order valence-electron chi connectivity index (χ0n) is 10.9. The second-order valence-corrected chi connectivity index (χ2v) is 3.85. The molecule has 1 atom stereocenters. The molecule has 0 amide bonds. The lowest BCUT2D eigenvalue weighted by Gasteiger charge is -2.17. The second-order valence-electron chi connectivity index (χ2n) is 3.85. The smallest absolute Gasteiger partial charge is 0.119 e. The summed E-state index contributed by atoms with van der Waals surface area (Å²) >= 11 is 0. The van der Waals surface area contributed by atoms with E-state index in [1.807, 2.05) is 19.1 Å². The van der Waals surface area contributed by atoms with Crippen LogP contribution >= 0.6 is 0 Å². The summed E-state index contributed by atoms with van der Waals surface area (Å²) in [6, 6.07) is 8.58. The second kappa shape index (κ2) is 7.76. The Kier molecular flexibility index (Phi) is 6.21. The van der Waals surface area contributed by atoms with E-state index >= 15 is 0 Å². The van der Waals surface area contributed by atoms with Crippen molar-refractivity contribution in [2.45, 2.75) is 32.7 Å². The third-order valence-electron chi connectivity index (χ3n) is 2.68. The first kappa shape index (κ1) is 13.6. The fourth-order valence-corrected chi connectivity index (χ4v) is 1.83. The standard InChI is InChI=1S/C15H21NO/c1-4-6-7-11-15(16-5-2)13-9-8-10-14(12-13)17-3/h8-10,12,15-16H,5,7,11H2,1-3H3. The van der Waals surface area contributed by atoms with Crippen LogP contribution in [0.15, 0.2) is 24.3 Å². The van der Waals surface area contributed by atoms with Gasteiger partial charge in [0.1, 0.15) is 5.75 Å². The molecule has 0 aromatic heterocycles. The maximum absolute atomic E-state index is 5.25. The number of hydrogen-bond acceptors (Lipinski definition) is 2. The number of ether oxygens (including phenoxy) is 1. The van der Waals surface area contributed by atoms with E-state index in [1.54, 1.807) is 7.11 Å². The topological polar surface area (TPSA) is 21.3 Å². The number of hydrogen-bond donors (Lipinski definition) is 1. The van der Waals surface area contributed by atoms with Crippen molar-refractivity contribution in [2.24, 2.45) is 0 Å². The van der Waals surface area contributed by atoms with Crippen molar-refractivity contribution in [1.82, 2.24) is 5.32 Å². The first-order valence-corrected chi connectivity index (χ1v) is 6.08. The van der Waals surface area contributed by atoms with E-state index in [-0.39, 0.29) is 0 Å². The highest BCUT2D eigenvalue weighted by molar-refractivity contribution is 5.30. The third-order valence-corrected chi connectivity index (χ3v) is 2.68.